The first kappa shape index (κ1) is 35.5. The largest absolute Gasteiger partial charge is 0.480 e. The number of carboxylic acids is 1. The molecule has 0 fully saturated rings. The second kappa shape index (κ2) is 18.0. The summed E-state index contributed by atoms with van der Waals surface area (Å²) in [6.45, 7) is 7.78. The van der Waals surface area contributed by atoms with E-state index in [1.54, 1.807) is 18.2 Å². The third kappa shape index (κ3) is 13.1. The molecule has 0 saturated heterocycles. The van der Waals surface area contributed by atoms with E-state index in [0.29, 0.717) is 12.1 Å². The molecule has 0 aliphatic heterocycles. The SMILES string of the molecule is Cc1cccc(C(=O)N(CC(=O)N(CCO)CC(=O)N(CCO)CCC(=O)N[C@@H](CC(C)C)C(=O)O)CC(C)C)c1. The molecular weight excluding hydrogens is 532 g/mol. The van der Waals surface area contributed by atoms with Crippen LogP contribution in [0.5, 0.6) is 0 Å². The fourth-order valence-corrected chi connectivity index (χ4v) is 4.24. The van der Waals surface area contributed by atoms with Crippen molar-refractivity contribution in [2.24, 2.45) is 11.8 Å². The highest BCUT2D eigenvalue weighted by atomic mass is 16.4. The Labute approximate surface area is 242 Å². The summed E-state index contributed by atoms with van der Waals surface area (Å²) in [6, 6.07) is 5.97. The van der Waals surface area contributed by atoms with Crippen molar-refractivity contribution in [2.45, 2.75) is 53.5 Å². The topological polar surface area (TPSA) is 168 Å². The van der Waals surface area contributed by atoms with Gasteiger partial charge < -0.3 is 35.3 Å². The normalized spacial score (nSPS) is 11.7. The Balaban J connectivity index is 2.94. The van der Waals surface area contributed by atoms with Crippen LogP contribution in [0, 0.1) is 18.8 Å². The van der Waals surface area contributed by atoms with Gasteiger partial charge in [0.1, 0.15) is 12.6 Å². The highest BCUT2D eigenvalue weighted by Crippen LogP contribution is 2.11. The van der Waals surface area contributed by atoms with Crippen LogP contribution >= 0.6 is 0 Å². The van der Waals surface area contributed by atoms with Gasteiger partial charge in [0.2, 0.25) is 17.7 Å². The maximum atomic E-state index is 13.3. The summed E-state index contributed by atoms with van der Waals surface area (Å²) in [7, 11) is 0. The van der Waals surface area contributed by atoms with E-state index in [2.05, 4.69) is 5.32 Å². The number of aliphatic hydroxyl groups is 2. The molecule has 0 aliphatic carbocycles. The van der Waals surface area contributed by atoms with E-state index in [1.165, 1.54) is 9.80 Å². The Morgan fingerprint density at radius 3 is 1.95 bits per heavy atom. The summed E-state index contributed by atoms with van der Waals surface area (Å²) in [5.41, 5.74) is 1.34. The van der Waals surface area contributed by atoms with Crippen LogP contribution in [-0.4, -0.2) is 118 Å². The van der Waals surface area contributed by atoms with Crippen LogP contribution in [-0.2, 0) is 19.2 Å². The van der Waals surface area contributed by atoms with E-state index >= 15 is 0 Å². The molecule has 0 unspecified atom stereocenters. The number of carbonyl (C=O) groups is 5. The smallest absolute Gasteiger partial charge is 0.326 e. The van der Waals surface area contributed by atoms with E-state index in [9.17, 15) is 39.3 Å². The molecule has 1 aromatic carbocycles. The summed E-state index contributed by atoms with van der Waals surface area (Å²) >= 11 is 0. The molecule has 4 amide bonds. The number of carbonyl (C=O) groups excluding carboxylic acids is 4. The van der Waals surface area contributed by atoms with Crippen LogP contribution in [0.3, 0.4) is 0 Å². The number of nitrogens with zero attached hydrogens (tertiary/aromatic N) is 3. The van der Waals surface area contributed by atoms with Gasteiger partial charge in [-0.25, -0.2) is 4.79 Å². The number of hydrogen-bond acceptors (Lipinski definition) is 7. The molecule has 230 valence electrons. The van der Waals surface area contributed by atoms with Gasteiger partial charge in [0, 0.05) is 38.2 Å². The van der Waals surface area contributed by atoms with Gasteiger partial charge in [-0.15, -0.1) is 0 Å². The Hall–Kier alpha value is -3.51. The van der Waals surface area contributed by atoms with E-state index in [4.69, 9.17) is 0 Å². The lowest BCUT2D eigenvalue weighted by Crippen LogP contribution is -2.50. The fourth-order valence-electron chi connectivity index (χ4n) is 4.24. The first-order valence-corrected chi connectivity index (χ1v) is 13.9. The molecule has 12 nitrogen and oxygen atoms in total. The molecule has 0 heterocycles. The lowest BCUT2D eigenvalue weighted by atomic mass is 10.0. The van der Waals surface area contributed by atoms with Crippen LogP contribution in [0.4, 0.5) is 0 Å². The van der Waals surface area contributed by atoms with Gasteiger partial charge in [0.15, 0.2) is 0 Å². The maximum Gasteiger partial charge on any atom is 0.326 e. The predicted molar refractivity (Wildman–Crippen MR) is 153 cm³/mol. The lowest BCUT2D eigenvalue weighted by molar-refractivity contribution is -0.143. The fraction of sp³-hybridized carbons (Fsp3) is 0.621. The average molecular weight is 579 g/mol. The van der Waals surface area contributed by atoms with Crippen molar-refractivity contribution < 1.29 is 39.3 Å². The van der Waals surface area contributed by atoms with Gasteiger partial charge >= 0.3 is 5.97 Å². The van der Waals surface area contributed by atoms with Gasteiger partial charge in [0.05, 0.1) is 19.8 Å². The first-order chi connectivity index (χ1) is 19.3. The second-order valence-corrected chi connectivity index (χ2v) is 10.9. The molecule has 4 N–H and O–H groups in total. The minimum absolute atomic E-state index is 0.0440. The molecule has 1 rings (SSSR count). The zero-order valence-electron chi connectivity index (χ0n) is 24.8. The standard InChI is InChI=1S/C29H46N4O8/c1-20(2)15-24(29(40)41)30-25(36)9-10-31(11-13-34)26(37)18-32(12-14-35)27(38)19-33(17-21(3)4)28(39)23-8-6-7-22(5)16-23/h6-8,16,20-21,24,34-35H,9-15,17-19H2,1-5H3,(H,30,36)(H,40,41)/t24-/m0/s1. The molecule has 1 atom stereocenters. The van der Waals surface area contributed by atoms with Crippen molar-refractivity contribution in [2.75, 3.05) is 52.5 Å². The van der Waals surface area contributed by atoms with E-state index in [-0.39, 0.29) is 63.4 Å². The second-order valence-electron chi connectivity index (χ2n) is 10.9. The third-order valence-electron chi connectivity index (χ3n) is 6.18. The van der Waals surface area contributed by atoms with Gasteiger partial charge in [-0.2, -0.15) is 0 Å². The van der Waals surface area contributed by atoms with Gasteiger partial charge in [-0.3, -0.25) is 19.2 Å². The monoisotopic (exact) mass is 578 g/mol. The quantitative estimate of drug-likeness (QED) is 0.198. The molecule has 0 radical (unpaired) electrons. The molecule has 0 aromatic heterocycles. The van der Waals surface area contributed by atoms with Gasteiger partial charge in [0.25, 0.3) is 5.91 Å². The summed E-state index contributed by atoms with van der Waals surface area (Å²) in [4.78, 5) is 67.2. The van der Waals surface area contributed by atoms with E-state index in [0.717, 1.165) is 10.5 Å². The van der Waals surface area contributed by atoms with Crippen LogP contribution in [0.15, 0.2) is 24.3 Å². The average Bonchev–Trinajstić information content (AvgIpc) is 2.88. The Bertz CT molecular complexity index is 1030. The van der Waals surface area contributed by atoms with Gasteiger partial charge in [-0.1, -0.05) is 45.4 Å². The number of amides is 4. The molecule has 0 spiro atoms. The molecule has 0 saturated carbocycles. The van der Waals surface area contributed by atoms with Crippen molar-refractivity contribution >= 4 is 29.6 Å². The zero-order chi connectivity index (χ0) is 31.1. The minimum Gasteiger partial charge on any atom is -0.480 e. The number of nitrogens with one attached hydrogen (secondary N) is 1. The van der Waals surface area contributed by atoms with Crippen LogP contribution < -0.4 is 5.32 Å². The Morgan fingerprint density at radius 2 is 1.41 bits per heavy atom. The number of aliphatic hydroxyl groups excluding tert-OH is 2. The Morgan fingerprint density at radius 1 is 0.829 bits per heavy atom. The van der Waals surface area contributed by atoms with E-state index in [1.807, 2.05) is 40.7 Å². The number of aliphatic carboxylic acids is 1. The molecule has 1 aromatic rings. The highest BCUT2D eigenvalue weighted by Gasteiger charge is 2.27. The van der Waals surface area contributed by atoms with Gasteiger partial charge in [-0.05, 0) is 37.3 Å². The summed E-state index contributed by atoms with van der Waals surface area (Å²) in [5.74, 6) is -3.02. The number of rotatable bonds is 18. The highest BCUT2D eigenvalue weighted by molar-refractivity contribution is 5.97. The van der Waals surface area contributed by atoms with Crippen molar-refractivity contribution in [1.29, 1.82) is 0 Å². The summed E-state index contributed by atoms with van der Waals surface area (Å²) in [6.07, 6.45) is 0.0491. The minimum atomic E-state index is -1.15. The van der Waals surface area contributed by atoms with Crippen molar-refractivity contribution in [3.05, 3.63) is 35.4 Å². The molecule has 0 aliphatic rings. The van der Waals surface area contributed by atoms with Crippen LogP contribution in [0.2, 0.25) is 0 Å². The Kier molecular flexibility index (Phi) is 15.6. The van der Waals surface area contributed by atoms with E-state index < -0.39 is 42.9 Å². The first-order valence-electron chi connectivity index (χ1n) is 13.9. The summed E-state index contributed by atoms with van der Waals surface area (Å²) < 4.78 is 0. The van der Waals surface area contributed by atoms with Crippen molar-refractivity contribution in [3.8, 4) is 0 Å². The number of benzene rings is 1. The van der Waals surface area contributed by atoms with Crippen LogP contribution in [0.25, 0.3) is 0 Å². The number of aryl methyl sites for hydroxylation is 1. The molecule has 41 heavy (non-hydrogen) atoms. The van der Waals surface area contributed by atoms with Crippen LogP contribution in [0.1, 0.15) is 56.5 Å². The molecule has 0 bridgehead atoms. The molecule has 12 heteroatoms. The van der Waals surface area contributed by atoms with Crippen molar-refractivity contribution in [3.63, 3.8) is 0 Å². The van der Waals surface area contributed by atoms with Crippen molar-refractivity contribution in [1.82, 2.24) is 20.0 Å². The molecular formula is C29H46N4O8. The number of carboxylic acid groups (broad SMARTS) is 1. The predicted octanol–water partition coefficient (Wildman–Crippen LogP) is 0.741. The third-order valence-corrected chi connectivity index (χ3v) is 6.18. The maximum absolute atomic E-state index is 13.3. The summed E-state index contributed by atoms with van der Waals surface area (Å²) in [5, 5.41) is 30.8. The number of hydrogen-bond donors (Lipinski definition) is 4. The zero-order valence-corrected chi connectivity index (χ0v) is 24.8. The lowest BCUT2D eigenvalue weighted by Gasteiger charge is -2.30.